The highest BCUT2D eigenvalue weighted by Crippen LogP contribution is 2.11. The van der Waals surface area contributed by atoms with Gasteiger partial charge in [-0.05, 0) is 31.7 Å². The molecule has 0 aromatic heterocycles. The van der Waals surface area contributed by atoms with Gasteiger partial charge in [-0.1, -0.05) is 20.3 Å². The highest BCUT2D eigenvalue weighted by atomic mass is 16.4. The average molecular weight is 461 g/mol. The summed E-state index contributed by atoms with van der Waals surface area (Å²) in [6.07, 6.45) is 1.16. The molecule has 4 amide bonds. The molecule has 0 aliphatic heterocycles. The Morgan fingerprint density at radius 3 is 2.00 bits per heavy atom. The number of carboxylic acids is 1. The lowest BCUT2D eigenvalue weighted by molar-refractivity contribution is -0.144. The number of nitrogens with two attached hydrogens (primary N) is 3. The maximum Gasteiger partial charge on any atom is 0.326 e. The number of aliphatic hydroxyl groups excluding tert-OH is 1. The molecule has 13 nitrogen and oxygen atoms in total. The Morgan fingerprint density at radius 1 is 0.938 bits per heavy atom. The minimum absolute atomic E-state index is 0.210. The number of carbonyl (C=O) groups is 5. The summed E-state index contributed by atoms with van der Waals surface area (Å²) >= 11 is 0. The van der Waals surface area contributed by atoms with Crippen molar-refractivity contribution in [2.45, 2.75) is 70.1 Å². The van der Waals surface area contributed by atoms with Crippen molar-refractivity contribution in [1.29, 1.82) is 0 Å². The number of carbonyl (C=O) groups excluding carboxylic acids is 4. The third-order valence-electron chi connectivity index (χ3n) is 4.93. The number of unbranched alkanes of at least 4 members (excludes halogenated alkanes) is 1. The van der Waals surface area contributed by atoms with Crippen molar-refractivity contribution in [1.82, 2.24) is 16.0 Å². The summed E-state index contributed by atoms with van der Waals surface area (Å²) in [5.74, 6) is -4.98. The molecule has 0 saturated carbocycles. The van der Waals surface area contributed by atoms with E-state index in [2.05, 4.69) is 16.0 Å². The van der Waals surface area contributed by atoms with Gasteiger partial charge in [0.1, 0.15) is 24.2 Å². The van der Waals surface area contributed by atoms with E-state index in [0.29, 0.717) is 25.8 Å². The predicted octanol–water partition coefficient (Wildman–Crippen LogP) is -3.10. The van der Waals surface area contributed by atoms with Crippen molar-refractivity contribution < 1.29 is 34.2 Å². The number of aliphatic hydroxyl groups is 1. The van der Waals surface area contributed by atoms with Gasteiger partial charge in [-0.2, -0.15) is 0 Å². The fraction of sp³-hybridized carbons (Fsp3) is 0.737. The first kappa shape index (κ1) is 29.2. The number of primary amides is 1. The van der Waals surface area contributed by atoms with Crippen LogP contribution in [0.2, 0.25) is 0 Å². The van der Waals surface area contributed by atoms with Gasteiger partial charge in [0.05, 0.1) is 13.0 Å². The SMILES string of the molecule is CCC(C)C(NC(=O)C(CCCCN)NC(=O)C(N)CO)C(=O)NC(CC(N)=O)C(=O)O. The van der Waals surface area contributed by atoms with Gasteiger partial charge in [0.25, 0.3) is 0 Å². The lowest BCUT2D eigenvalue weighted by Gasteiger charge is -2.28. The van der Waals surface area contributed by atoms with E-state index in [-0.39, 0.29) is 6.42 Å². The number of rotatable bonds is 16. The Morgan fingerprint density at radius 2 is 1.53 bits per heavy atom. The molecule has 184 valence electrons. The Labute approximate surface area is 186 Å². The summed E-state index contributed by atoms with van der Waals surface area (Å²) in [6, 6.07) is -4.96. The van der Waals surface area contributed by atoms with Crippen LogP contribution in [0.15, 0.2) is 0 Å². The van der Waals surface area contributed by atoms with Crippen LogP contribution in [0.25, 0.3) is 0 Å². The largest absolute Gasteiger partial charge is 0.480 e. The van der Waals surface area contributed by atoms with E-state index in [4.69, 9.17) is 22.3 Å². The van der Waals surface area contributed by atoms with Crippen molar-refractivity contribution in [2.24, 2.45) is 23.1 Å². The number of hydrogen-bond acceptors (Lipinski definition) is 8. The molecule has 13 heteroatoms. The standard InChI is InChI=1S/C19H36N6O7/c1-3-10(2)15(18(30)24-13(19(31)32)8-14(22)27)25-17(29)12(6-4-5-7-20)23-16(28)11(21)9-26/h10-13,15,26H,3-9,20-21H2,1-2H3,(H2,22,27)(H,23,28)(H,24,30)(H,25,29)(H,31,32). The average Bonchev–Trinajstić information content (AvgIpc) is 2.74. The Hall–Kier alpha value is -2.77. The first-order valence-electron chi connectivity index (χ1n) is 10.5. The monoisotopic (exact) mass is 460 g/mol. The van der Waals surface area contributed by atoms with Crippen LogP contribution in [0.1, 0.15) is 46.0 Å². The minimum Gasteiger partial charge on any atom is -0.480 e. The molecule has 0 rings (SSSR count). The molecule has 32 heavy (non-hydrogen) atoms. The lowest BCUT2D eigenvalue weighted by Crippen LogP contribution is -2.59. The van der Waals surface area contributed by atoms with Gasteiger partial charge in [0.2, 0.25) is 23.6 Å². The molecular formula is C19H36N6O7. The normalized spacial score (nSPS) is 15.5. The van der Waals surface area contributed by atoms with E-state index in [0.717, 1.165) is 0 Å². The molecule has 0 bridgehead atoms. The number of hydrogen-bond donors (Lipinski definition) is 8. The molecule has 0 aliphatic carbocycles. The van der Waals surface area contributed by atoms with Crippen molar-refractivity contribution >= 4 is 29.6 Å². The van der Waals surface area contributed by atoms with Crippen LogP contribution >= 0.6 is 0 Å². The molecule has 0 saturated heterocycles. The van der Waals surface area contributed by atoms with Gasteiger partial charge in [-0.25, -0.2) is 4.79 Å². The molecule has 0 radical (unpaired) electrons. The van der Waals surface area contributed by atoms with Gasteiger partial charge < -0.3 is 43.4 Å². The van der Waals surface area contributed by atoms with E-state index < -0.39 is 72.7 Å². The fourth-order valence-electron chi connectivity index (χ4n) is 2.74. The summed E-state index contributed by atoms with van der Waals surface area (Å²) in [6.45, 7) is 3.22. The summed E-state index contributed by atoms with van der Waals surface area (Å²) in [5, 5.41) is 25.5. The van der Waals surface area contributed by atoms with E-state index >= 15 is 0 Å². The summed E-state index contributed by atoms with van der Waals surface area (Å²) < 4.78 is 0. The number of aliphatic carboxylic acids is 1. The third-order valence-corrected chi connectivity index (χ3v) is 4.93. The van der Waals surface area contributed by atoms with Crippen molar-refractivity contribution in [2.75, 3.05) is 13.2 Å². The van der Waals surface area contributed by atoms with Crippen molar-refractivity contribution in [3.8, 4) is 0 Å². The number of nitrogens with one attached hydrogen (secondary N) is 3. The zero-order chi connectivity index (χ0) is 24.8. The highest BCUT2D eigenvalue weighted by molar-refractivity contribution is 5.95. The lowest BCUT2D eigenvalue weighted by atomic mass is 9.96. The zero-order valence-corrected chi connectivity index (χ0v) is 18.5. The molecule has 0 aromatic carbocycles. The fourth-order valence-corrected chi connectivity index (χ4v) is 2.74. The van der Waals surface area contributed by atoms with Crippen LogP contribution in [-0.2, 0) is 24.0 Å². The number of carboxylic acid groups (broad SMARTS) is 1. The van der Waals surface area contributed by atoms with Gasteiger partial charge in [-0.15, -0.1) is 0 Å². The second kappa shape index (κ2) is 15.1. The molecule has 0 spiro atoms. The van der Waals surface area contributed by atoms with E-state index in [1.54, 1.807) is 13.8 Å². The molecule has 5 unspecified atom stereocenters. The first-order valence-corrected chi connectivity index (χ1v) is 10.5. The topological polar surface area (TPSA) is 240 Å². The predicted molar refractivity (Wildman–Crippen MR) is 115 cm³/mol. The van der Waals surface area contributed by atoms with Crippen LogP contribution in [0, 0.1) is 5.92 Å². The summed E-state index contributed by atoms with van der Waals surface area (Å²) in [5.41, 5.74) is 16.0. The van der Waals surface area contributed by atoms with Crippen LogP contribution in [0.5, 0.6) is 0 Å². The molecular weight excluding hydrogens is 424 g/mol. The molecule has 5 atom stereocenters. The van der Waals surface area contributed by atoms with Gasteiger partial charge >= 0.3 is 5.97 Å². The maximum absolute atomic E-state index is 12.9. The first-order chi connectivity index (χ1) is 15.0. The molecule has 0 aromatic rings. The second-order valence-corrected chi connectivity index (χ2v) is 7.58. The molecule has 0 heterocycles. The molecule has 0 aliphatic rings. The van der Waals surface area contributed by atoms with Crippen LogP contribution < -0.4 is 33.2 Å². The Bertz CT molecular complexity index is 660. The zero-order valence-electron chi connectivity index (χ0n) is 18.5. The smallest absolute Gasteiger partial charge is 0.326 e. The Balaban J connectivity index is 5.52. The Kier molecular flexibility index (Phi) is 13.8. The summed E-state index contributed by atoms with van der Waals surface area (Å²) in [4.78, 5) is 60.1. The highest BCUT2D eigenvalue weighted by Gasteiger charge is 2.33. The van der Waals surface area contributed by atoms with Gasteiger partial charge in [-0.3, -0.25) is 19.2 Å². The van der Waals surface area contributed by atoms with E-state index in [1.807, 2.05) is 0 Å². The third kappa shape index (κ3) is 10.5. The quantitative estimate of drug-likeness (QED) is 0.109. The second-order valence-electron chi connectivity index (χ2n) is 7.58. The van der Waals surface area contributed by atoms with Crippen LogP contribution in [-0.4, -0.2) is 77.1 Å². The maximum atomic E-state index is 12.9. The molecule has 0 fully saturated rings. The van der Waals surface area contributed by atoms with Gasteiger partial charge in [0, 0.05) is 0 Å². The summed E-state index contributed by atoms with van der Waals surface area (Å²) in [7, 11) is 0. The van der Waals surface area contributed by atoms with Crippen LogP contribution in [0.3, 0.4) is 0 Å². The molecule has 11 N–H and O–H groups in total. The van der Waals surface area contributed by atoms with E-state index in [1.165, 1.54) is 0 Å². The number of amides is 4. The van der Waals surface area contributed by atoms with E-state index in [9.17, 15) is 29.1 Å². The van der Waals surface area contributed by atoms with Crippen LogP contribution in [0.4, 0.5) is 0 Å². The minimum atomic E-state index is -1.55. The van der Waals surface area contributed by atoms with Crippen molar-refractivity contribution in [3.05, 3.63) is 0 Å². The van der Waals surface area contributed by atoms with Crippen molar-refractivity contribution in [3.63, 3.8) is 0 Å². The van der Waals surface area contributed by atoms with Gasteiger partial charge in [0.15, 0.2) is 0 Å².